The van der Waals surface area contributed by atoms with E-state index in [1.807, 2.05) is 4.90 Å². The van der Waals surface area contributed by atoms with Crippen LogP contribution in [0.15, 0.2) is 0 Å². The van der Waals surface area contributed by atoms with Crippen LogP contribution in [0.1, 0.15) is 13.3 Å². The number of alkyl halides is 3. The molecule has 2 rings (SSSR count). The predicted octanol–water partition coefficient (Wildman–Crippen LogP) is 0.938. The molecule has 0 radical (unpaired) electrons. The summed E-state index contributed by atoms with van der Waals surface area (Å²) in [5.74, 6) is 0.394. The van der Waals surface area contributed by atoms with Gasteiger partial charge in [0.15, 0.2) is 0 Å². The highest BCUT2D eigenvalue weighted by atomic mass is 19.4. The number of nitrogens with zero attached hydrogens (tertiary/aromatic N) is 2. The lowest BCUT2D eigenvalue weighted by Gasteiger charge is -2.30. The summed E-state index contributed by atoms with van der Waals surface area (Å²) in [5.41, 5.74) is 0. The molecule has 2 heterocycles. The second-order valence-corrected chi connectivity index (χ2v) is 5.74. The third-order valence-electron chi connectivity index (χ3n) is 4.09. The monoisotopic (exact) mass is 293 g/mol. The molecule has 0 saturated carbocycles. The average Bonchev–Trinajstić information content (AvgIpc) is 2.72. The average molecular weight is 293 g/mol. The number of rotatable bonds is 5. The van der Waals surface area contributed by atoms with Gasteiger partial charge in [0.25, 0.3) is 0 Å². The maximum atomic E-state index is 12.4. The van der Waals surface area contributed by atoms with E-state index in [1.54, 1.807) is 6.92 Å². The molecule has 20 heavy (non-hydrogen) atoms. The Morgan fingerprint density at radius 3 is 2.60 bits per heavy atom. The van der Waals surface area contributed by atoms with Gasteiger partial charge in [-0.05, 0) is 18.9 Å². The van der Waals surface area contributed by atoms with E-state index in [-0.39, 0.29) is 17.7 Å². The topological polar surface area (TPSA) is 35.6 Å². The van der Waals surface area contributed by atoms with E-state index in [9.17, 15) is 18.0 Å². The first kappa shape index (κ1) is 15.6. The molecular weight excluding hydrogens is 271 g/mol. The summed E-state index contributed by atoms with van der Waals surface area (Å²) in [6.07, 6.45) is -3.35. The van der Waals surface area contributed by atoms with Crippen LogP contribution in [0, 0.1) is 11.8 Å². The minimum absolute atomic E-state index is 0.0752. The van der Waals surface area contributed by atoms with Crippen LogP contribution in [-0.4, -0.2) is 67.7 Å². The summed E-state index contributed by atoms with van der Waals surface area (Å²) in [6.45, 7) is 4.43. The highest BCUT2D eigenvalue weighted by Crippen LogP contribution is 2.23. The fourth-order valence-electron chi connectivity index (χ4n) is 2.83. The van der Waals surface area contributed by atoms with Crippen LogP contribution in [0.3, 0.4) is 0 Å². The minimum Gasteiger partial charge on any atom is -0.342 e. The summed E-state index contributed by atoms with van der Waals surface area (Å²) < 4.78 is 37.3. The van der Waals surface area contributed by atoms with Crippen molar-refractivity contribution >= 4 is 5.91 Å². The smallest absolute Gasteiger partial charge is 0.342 e. The van der Waals surface area contributed by atoms with Crippen LogP contribution in [0.25, 0.3) is 0 Å². The lowest BCUT2D eigenvalue weighted by molar-refractivity contribution is -0.147. The molecule has 1 amide bonds. The standard InChI is InChI=1S/C13H22F3N3O/c1-2-18(9-13(14,15)16)7-10-3-4-19(8-10)12(20)11-5-17-6-11/h10-11,17H,2-9H2,1H3. The quantitative estimate of drug-likeness (QED) is 0.819. The number of likely N-dealkylation sites (tertiary alicyclic amines) is 1. The summed E-state index contributed by atoms with van der Waals surface area (Å²) in [4.78, 5) is 15.3. The lowest BCUT2D eigenvalue weighted by atomic mass is 10.0. The van der Waals surface area contributed by atoms with Crippen molar-refractivity contribution < 1.29 is 18.0 Å². The maximum absolute atomic E-state index is 12.4. The SMILES string of the molecule is CCN(CC1CCN(C(=O)C2CNC2)C1)CC(F)(F)F. The van der Waals surface area contributed by atoms with Gasteiger partial charge < -0.3 is 10.2 Å². The molecule has 0 aromatic rings. The zero-order valence-corrected chi connectivity index (χ0v) is 11.7. The van der Waals surface area contributed by atoms with Crippen molar-refractivity contribution in [3.63, 3.8) is 0 Å². The molecule has 0 spiro atoms. The number of nitrogens with one attached hydrogen (secondary N) is 1. The molecule has 1 unspecified atom stereocenters. The molecule has 2 aliphatic heterocycles. The summed E-state index contributed by atoms with van der Waals surface area (Å²) >= 11 is 0. The summed E-state index contributed by atoms with van der Waals surface area (Å²) in [5, 5.41) is 3.06. The van der Waals surface area contributed by atoms with Gasteiger partial charge in [-0.25, -0.2) is 0 Å². The van der Waals surface area contributed by atoms with Crippen molar-refractivity contribution in [1.82, 2.24) is 15.1 Å². The molecule has 2 fully saturated rings. The lowest BCUT2D eigenvalue weighted by Crippen LogP contribution is -2.51. The Hall–Kier alpha value is -0.820. The number of carbonyl (C=O) groups excluding carboxylic acids is 1. The highest BCUT2D eigenvalue weighted by Gasteiger charge is 2.35. The molecule has 4 nitrogen and oxygen atoms in total. The Balaban J connectivity index is 1.78. The Kier molecular flexibility index (Phi) is 4.90. The molecule has 0 aromatic heterocycles. The Bertz CT molecular complexity index is 344. The maximum Gasteiger partial charge on any atom is 0.401 e. The number of carbonyl (C=O) groups is 1. The molecule has 1 N–H and O–H groups in total. The molecule has 116 valence electrons. The first-order chi connectivity index (χ1) is 9.39. The summed E-state index contributed by atoms with van der Waals surface area (Å²) in [6, 6.07) is 0. The van der Waals surface area contributed by atoms with E-state index in [0.717, 1.165) is 19.5 Å². The van der Waals surface area contributed by atoms with E-state index in [4.69, 9.17) is 0 Å². The first-order valence-corrected chi connectivity index (χ1v) is 7.17. The van der Waals surface area contributed by atoms with Crippen LogP contribution >= 0.6 is 0 Å². The molecule has 2 saturated heterocycles. The van der Waals surface area contributed by atoms with Crippen LogP contribution in [0.5, 0.6) is 0 Å². The van der Waals surface area contributed by atoms with Gasteiger partial charge >= 0.3 is 6.18 Å². The largest absolute Gasteiger partial charge is 0.401 e. The second-order valence-electron chi connectivity index (χ2n) is 5.74. The third kappa shape index (κ3) is 4.09. The Morgan fingerprint density at radius 2 is 2.10 bits per heavy atom. The zero-order valence-electron chi connectivity index (χ0n) is 11.7. The Morgan fingerprint density at radius 1 is 1.40 bits per heavy atom. The van der Waals surface area contributed by atoms with Crippen LogP contribution < -0.4 is 5.32 Å². The molecule has 0 bridgehead atoms. The van der Waals surface area contributed by atoms with E-state index in [2.05, 4.69) is 5.32 Å². The fourth-order valence-corrected chi connectivity index (χ4v) is 2.83. The normalized spacial score (nSPS) is 24.2. The van der Waals surface area contributed by atoms with Gasteiger partial charge in [0.05, 0.1) is 12.5 Å². The van der Waals surface area contributed by atoms with Gasteiger partial charge in [-0.15, -0.1) is 0 Å². The molecule has 7 heteroatoms. The van der Waals surface area contributed by atoms with E-state index >= 15 is 0 Å². The van der Waals surface area contributed by atoms with E-state index < -0.39 is 12.7 Å². The van der Waals surface area contributed by atoms with Crippen LogP contribution in [-0.2, 0) is 4.79 Å². The molecule has 1 atom stereocenters. The highest BCUT2D eigenvalue weighted by molar-refractivity contribution is 5.80. The molecule has 0 aromatic carbocycles. The molecule has 2 aliphatic rings. The van der Waals surface area contributed by atoms with Crippen molar-refractivity contribution in [2.24, 2.45) is 11.8 Å². The third-order valence-corrected chi connectivity index (χ3v) is 4.09. The van der Waals surface area contributed by atoms with Gasteiger partial charge in [-0.1, -0.05) is 6.92 Å². The van der Waals surface area contributed by atoms with Gasteiger partial charge in [0, 0.05) is 32.7 Å². The van der Waals surface area contributed by atoms with Crippen LogP contribution in [0.2, 0.25) is 0 Å². The second kappa shape index (κ2) is 6.30. The zero-order chi connectivity index (χ0) is 14.8. The molecule has 0 aliphatic carbocycles. The number of hydrogen-bond donors (Lipinski definition) is 1. The van der Waals surface area contributed by atoms with Gasteiger partial charge in [-0.3, -0.25) is 9.69 Å². The van der Waals surface area contributed by atoms with Crippen molar-refractivity contribution in [3.8, 4) is 0 Å². The van der Waals surface area contributed by atoms with Crippen LogP contribution in [0.4, 0.5) is 13.2 Å². The predicted molar refractivity (Wildman–Crippen MR) is 69.2 cm³/mol. The van der Waals surface area contributed by atoms with E-state index in [1.165, 1.54) is 4.90 Å². The number of amides is 1. The first-order valence-electron chi connectivity index (χ1n) is 7.17. The van der Waals surface area contributed by atoms with Crippen molar-refractivity contribution in [2.75, 3.05) is 45.8 Å². The number of hydrogen-bond acceptors (Lipinski definition) is 3. The molecular formula is C13H22F3N3O. The van der Waals surface area contributed by atoms with Crippen molar-refractivity contribution in [2.45, 2.75) is 19.5 Å². The van der Waals surface area contributed by atoms with Crippen molar-refractivity contribution in [1.29, 1.82) is 0 Å². The number of halogens is 3. The van der Waals surface area contributed by atoms with Gasteiger partial charge in [0.1, 0.15) is 0 Å². The van der Waals surface area contributed by atoms with E-state index in [0.29, 0.717) is 26.2 Å². The van der Waals surface area contributed by atoms with Gasteiger partial charge in [-0.2, -0.15) is 13.2 Å². The van der Waals surface area contributed by atoms with Gasteiger partial charge in [0.2, 0.25) is 5.91 Å². The fraction of sp³-hybridized carbons (Fsp3) is 0.923. The van der Waals surface area contributed by atoms with Crippen molar-refractivity contribution in [3.05, 3.63) is 0 Å². The summed E-state index contributed by atoms with van der Waals surface area (Å²) in [7, 11) is 0. The Labute approximate surface area is 117 Å². The minimum atomic E-state index is -4.15.